The number of carbonyl (C=O) groups excluding carboxylic acids is 1. The van der Waals surface area contributed by atoms with Gasteiger partial charge in [0, 0.05) is 31.1 Å². The Balaban J connectivity index is 1.77. The molecule has 0 spiro atoms. The van der Waals surface area contributed by atoms with Crippen molar-refractivity contribution in [2.45, 2.75) is 31.1 Å². The summed E-state index contributed by atoms with van der Waals surface area (Å²) in [5, 5.41) is 0. The van der Waals surface area contributed by atoms with Crippen LogP contribution in [0.2, 0.25) is 0 Å². The number of nitrogens with two attached hydrogens (primary N) is 1. The van der Waals surface area contributed by atoms with Gasteiger partial charge in [-0.3, -0.25) is 9.78 Å². The molecule has 0 aliphatic carbocycles. The molecule has 0 bridgehead atoms. The first-order valence-corrected chi connectivity index (χ1v) is 7.94. The summed E-state index contributed by atoms with van der Waals surface area (Å²) in [6.07, 6.45) is 5.12. The quantitative estimate of drug-likeness (QED) is 0.890. The molecule has 19 heavy (non-hydrogen) atoms. The van der Waals surface area contributed by atoms with E-state index in [2.05, 4.69) is 4.98 Å². The highest BCUT2D eigenvalue weighted by Gasteiger charge is 2.25. The van der Waals surface area contributed by atoms with Crippen molar-refractivity contribution in [1.82, 2.24) is 9.88 Å². The number of likely N-dealkylation sites (tertiary alicyclic amines) is 1. The molecule has 1 aliphatic heterocycles. The summed E-state index contributed by atoms with van der Waals surface area (Å²) in [7, 11) is 0. The Labute approximate surface area is 118 Å². The lowest BCUT2D eigenvalue weighted by Crippen LogP contribution is -2.48. The van der Waals surface area contributed by atoms with Gasteiger partial charge in [0.1, 0.15) is 0 Å². The van der Waals surface area contributed by atoms with Crippen molar-refractivity contribution >= 4 is 17.7 Å². The van der Waals surface area contributed by atoms with Gasteiger partial charge in [-0.15, -0.1) is 11.8 Å². The number of carbonyl (C=O) groups is 1. The summed E-state index contributed by atoms with van der Waals surface area (Å²) in [5.74, 6) is 1.52. The molecular formula is C14H21N3OS. The smallest absolute Gasteiger partial charge is 0.232 e. The summed E-state index contributed by atoms with van der Waals surface area (Å²) < 4.78 is 0. The molecule has 1 amide bonds. The van der Waals surface area contributed by atoms with E-state index in [9.17, 15) is 4.79 Å². The molecule has 4 nitrogen and oxygen atoms in total. The largest absolute Gasteiger partial charge is 0.338 e. The molecule has 1 aromatic heterocycles. The maximum absolute atomic E-state index is 12.2. The van der Waals surface area contributed by atoms with Crippen LogP contribution in [0.4, 0.5) is 0 Å². The maximum Gasteiger partial charge on any atom is 0.232 e. The zero-order chi connectivity index (χ0) is 13.5. The van der Waals surface area contributed by atoms with Crippen LogP contribution in [0, 0.1) is 0 Å². The Hall–Kier alpha value is -1.07. The number of piperidine rings is 1. The van der Waals surface area contributed by atoms with Gasteiger partial charge in [0.25, 0.3) is 0 Å². The van der Waals surface area contributed by atoms with Gasteiger partial charge < -0.3 is 10.6 Å². The number of rotatable bonds is 5. The predicted octanol–water partition coefficient (Wildman–Crippen LogP) is 1.65. The number of amides is 1. The maximum atomic E-state index is 12.2. The van der Waals surface area contributed by atoms with Gasteiger partial charge in [-0.25, -0.2) is 0 Å². The minimum Gasteiger partial charge on any atom is -0.338 e. The second-order valence-electron chi connectivity index (χ2n) is 4.79. The molecule has 2 heterocycles. The minimum absolute atomic E-state index is 0.219. The lowest BCUT2D eigenvalue weighted by molar-refractivity contribution is -0.131. The van der Waals surface area contributed by atoms with Crippen LogP contribution in [-0.2, 0) is 10.5 Å². The monoisotopic (exact) mass is 279 g/mol. The molecule has 1 saturated heterocycles. The third-order valence-electron chi connectivity index (χ3n) is 3.42. The molecular weight excluding hydrogens is 258 g/mol. The van der Waals surface area contributed by atoms with Crippen LogP contribution in [-0.4, -0.2) is 40.7 Å². The van der Waals surface area contributed by atoms with Gasteiger partial charge in [-0.05, 0) is 31.4 Å². The molecule has 0 radical (unpaired) electrons. The van der Waals surface area contributed by atoms with Crippen molar-refractivity contribution in [1.29, 1.82) is 0 Å². The van der Waals surface area contributed by atoms with Crippen LogP contribution < -0.4 is 5.73 Å². The van der Waals surface area contributed by atoms with E-state index in [1.807, 2.05) is 23.1 Å². The first kappa shape index (κ1) is 14.3. The summed E-state index contributed by atoms with van der Waals surface area (Å²) in [5.41, 5.74) is 6.76. The first-order valence-electron chi connectivity index (χ1n) is 6.78. The molecule has 1 aliphatic rings. The van der Waals surface area contributed by atoms with Gasteiger partial charge in [-0.1, -0.05) is 6.07 Å². The third-order valence-corrected chi connectivity index (χ3v) is 4.37. The Morgan fingerprint density at radius 1 is 1.47 bits per heavy atom. The van der Waals surface area contributed by atoms with E-state index >= 15 is 0 Å². The average Bonchev–Trinajstić information content (AvgIpc) is 2.48. The summed E-state index contributed by atoms with van der Waals surface area (Å²) in [6, 6.07) is 6.11. The van der Waals surface area contributed by atoms with Crippen LogP contribution in [0.25, 0.3) is 0 Å². The third kappa shape index (κ3) is 4.21. The Bertz CT molecular complexity index is 399. The number of aromatic nitrogens is 1. The first-order chi connectivity index (χ1) is 9.31. The molecule has 2 rings (SSSR count). The van der Waals surface area contributed by atoms with Gasteiger partial charge in [-0.2, -0.15) is 0 Å². The van der Waals surface area contributed by atoms with Crippen LogP contribution in [0.5, 0.6) is 0 Å². The average molecular weight is 279 g/mol. The van der Waals surface area contributed by atoms with Crippen molar-refractivity contribution in [2.24, 2.45) is 5.73 Å². The lowest BCUT2D eigenvalue weighted by atomic mass is 10.0. The highest BCUT2D eigenvalue weighted by molar-refractivity contribution is 7.99. The van der Waals surface area contributed by atoms with Crippen molar-refractivity contribution in [2.75, 3.05) is 18.8 Å². The number of thioether (sulfide) groups is 1. The number of hydrogen-bond donors (Lipinski definition) is 1. The minimum atomic E-state index is 0.219. The molecule has 0 aromatic carbocycles. The van der Waals surface area contributed by atoms with E-state index in [-0.39, 0.29) is 11.9 Å². The molecule has 1 atom stereocenters. The SMILES string of the molecule is NCC1CCCCN1C(=O)CSCc1ccccn1. The Kier molecular flexibility index (Phi) is 5.66. The van der Waals surface area contributed by atoms with Crippen LogP contribution in [0.3, 0.4) is 0 Å². The van der Waals surface area contributed by atoms with E-state index in [1.54, 1.807) is 18.0 Å². The van der Waals surface area contributed by atoms with E-state index in [0.717, 1.165) is 30.8 Å². The fraction of sp³-hybridized carbons (Fsp3) is 0.571. The zero-order valence-corrected chi connectivity index (χ0v) is 11.9. The normalized spacial score (nSPS) is 19.4. The molecule has 1 unspecified atom stereocenters. The topological polar surface area (TPSA) is 59.2 Å². The fourth-order valence-corrected chi connectivity index (χ4v) is 3.21. The molecule has 104 valence electrons. The molecule has 1 fully saturated rings. The van der Waals surface area contributed by atoms with Crippen LogP contribution in [0.1, 0.15) is 25.0 Å². The summed E-state index contributed by atoms with van der Waals surface area (Å²) in [4.78, 5) is 18.4. The molecule has 0 saturated carbocycles. The van der Waals surface area contributed by atoms with E-state index < -0.39 is 0 Å². The number of nitrogens with zero attached hydrogens (tertiary/aromatic N) is 2. The van der Waals surface area contributed by atoms with Crippen LogP contribution in [0.15, 0.2) is 24.4 Å². The Morgan fingerprint density at radius 3 is 3.11 bits per heavy atom. The van der Waals surface area contributed by atoms with Gasteiger partial charge >= 0.3 is 0 Å². The van der Waals surface area contributed by atoms with Gasteiger partial charge in [0.15, 0.2) is 0 Å². The van der Waals surface area contributed by atoms with E-state index in [1.165, 1.54) is 6.42 Å². The molecule has 2 N–H and O–H groups in total. The molecule has 1 aromatic rings. The van der Waals surface area contributed by atoms with Crippen molar-refractivity contribution < 1.29 is 4.79 Å². The second kappa shape index (κ2) is 7.50. The van der Waals surface area contributed by atoms with Crippen molar-refractivity contribution in [3.8, 4) is 0 Å². The highest BCUT2D eigenvalue weighted by Crippen LogP contribution is 2.18. The fourth-order valence-electron chi connectivity index (χ4n) is 2.38. The summed E-state index contributed by atoms with van der Waals surface area (Å²) >= 11 is 1.63. The van der Waals surface area contributed by atoms with Crippen molar-refractivity contribution in [3.63, 3.8) is 0 Å². The van der Waals surface area contributed by atoms with Crippen molar-refractivity contribution in [3.05, 3.63) is 30.1 Å². The van der Waals surface area contributed by atoms with Gasteiger partial charge in [0.2, 0.25) is 5.91 Å². The zero-order valence-electron chi connectivity index (χ0n) is 11.1. The van der Waals surface area contributed by atoms with E-state index in [4.69, 9.17) is 5.73 Å². The van der Waals surface area contributed by atoms with Gasteiger partial charge in [0.05, 0.1) is 11.4 Å². The highest BCUT2D eigenvalue weighted by atomic mass is 32.2. The van der Waals surface area contributed by atoms with E-state index in [0.29, 0.717) is 12.3 Å². The predicted molar refractivity (Wildman–Crippen MR) is 78.8 cm³/mol. The number of pyridine rings is 1. The number of hydrogen-bond acceptors (Lipinski definition) is 4. The Morgan fingerprint density at radius 2 is 2.37 bits per heavy atom. The lowest BCUT2D eigenvalue weighted by Gasteiger charge is -2.35. The second-order valence-corrected chi connectivity index (χ2v) is 5.77. The molecule has 5 heteroatoms. The van der Waals surface area contributed by atoms with Crippen LogP contribution >= 0.6 is 11.8 Å². The standard InChI is InChI=1S/C14H21N3OS/c15-9-13-6-2-4-8-17(13)14(18)11-19-10-12-5-1-3-7-16-12/h1,3,5,7,13H,2,4,6,8-11,15H2. The summed E-state index contributed by atoms with van der Waals surface area (Å²) in [6.45, 7) is 1.45.